The lowest BCUT2D eigenvalue weighted by molar-refractivity contribution is 0.0923. The topological polar surface area (TPSA) is 49.3 Å². The summed E-state index contributed by atoms with van der Waals surface area (Å²) < 4.78 is 1.75. The van der Waals surface area contributed by atoms with Crippen molar-refractivity contribution < 1.29 is 9.90 Å². The normalized spacial score (nSPS) is 12.3. The molecule has 1 rings (SSSR count). The first-order chi connectivity index (χ1) is 7.00. The van der Waals surface area contributed by atoms with Crippen molar-refractivity contribution in [3.63, 3.8) is 0 Å². The highest BCUT2D eigenvalue weighted by molar-refractivity contribution is 14.1. The maximum atomic E-state index is 11.7. The minimum Gasteiger partial charge on any atom is -0.392 e. The van der Waals surface area contributed by atoms with Gasteiger partial charge >= 0.3 is 0 Å². The Hall–Kier alpha value is -0.140. The lowest BCUT2D eigenvalue weighted by atomic mass is 10.2. The molecule has 0 aliphatic heterocycles. The van der Waals surface area contributed by atoms with Crippen molar-refractivity contribution in [3.05, 3.63) is 31.8 Å². The van der Waals surface area contributed by atoms with E-state index in [-0.39, 0.29) is 12.5 Å². The van der Waals surface area contributed by atoms with Crippen molar-refractivity contribution in [2.75, 3.05) is 6.54 Å². The first-order valence-electron chi connectivity index (χ1n) is 4.42. The van der Waals surface area contributed by atoms with Crippen LogP contribution in [0.25, 0.3) is 0 Å². The van der Waals surface area contributed by atoms with E-state index in [9.17, 15) is 4.79 Å². The van der Waals surface area contributed by atoms with Gasteiger partial charge in [-0.05, 0) is 63.6 Å². The predicted molar refractivity (Wildman–Crippen MR) is 70.9 cm³/mol. The first-order valence-corrected chi connectivity index (χ1v) is 6.29. The van der Waals surface area contributed by atoms with E-state index < -0.39 is 6.10 Å². The molecular formula is C10H11BrINO2. The summed E-state index contributed by atoms with van der Waals surface area (Å²) in [6.07, 6.45) is -0.532. The molecule has 1 amide bonds. The number of carbonyl (C=O) groups is 1. The fourth-order valence-corrected chi connectivity index (χ4v) is 1.93. The summed E-state index contributed by atoms with van der Waals surface area (Å²) in [5.74, 6) is -0.179. The van der Waals surface area contributed by atoms with Crippen LogP contribution in [0.4, 0.5) is 0 Å². The summed E-state index contributed by atoms with van der Waals surface area (Å²) in [6, 6.07) is 5.54. The van der Waals surface area contributed by atoms with E-state index in [1.807, 2.05) is 12.1 Å². The van der Waals surface area contributed by atoms with E-state index >= 15 is 0 Å². The molecule has 5 heteroatoms. The zero-order valence-corrected chi connectivity index (χ0v) is 11.9. The van der Waals surface area contributed by atoms with Gasteiger partial charge in [-0.1, -0.05) is 0 Å². The van der Waals surface area contributed by atoms with Gasteiger partial charge in [0.2, 0.25) is 0 Å². The minimum atomic E-state index is -0.532. The van der Waals surface area contributed by atoms with Crippen LogP contribution < -0.4 is 5.32 Å². The van der Waals surface area contributed by atoms with Crippen molar-refractivity contribution in [1.29, 1.82) is 0 Å². The predicted octanol–water partition coefficient (Wildman–Crippen LogP) is 2.16. The molecule has 1 atom stereocenters. The molecule has 0 aromatic heterocycles. The fraction of sp³-hybridized carbons (Fsp3) is 0.300. The van der Waals surface area contributed by atoms with Gasteiger partial charge in [0.25, 0.3) is 5.91 Å². The van der Waals surface area contributed by atoms with Crippen LogP contribution in [0.5, 0.6) is 0 Å². The van der Waals surface area contributed by atoms with Gasteiger partial charge in [0, 0.05) is 14.6 Å². The Balaban J connectivity index is 2.77. The maximum Gasteiger partial charge on any atom is 0.252 e. The molecule has 0 radical (unpaired) electrons. The lowest BCUT2D eigenvalue weighted by Gasteiger charge is -2.08. The SMILES string of the molecule is CC(O)CNC(=O)c1cc(I)ccc1Br. The molecule has 1 aromatic rings. The van der Waals surface area contributed by atoms with Crippen LogP contribution in [0, 0.1) is 3.57 Å². The number of halogens is 2. The average molecular weight is 384 g/mol. The zero-order chi connectivity index (χ0) is 11.4. The van der Waals surface area contributed by atoms with Gasteiger partial charge in [0.15, 0.2) is 0 Å². The fourth-order valence-electron chi connectivity index (χ4n) is 1.01. The van der Waals surface area contributed by atoms with Crippen LogP contribution in [-0.4, -0.2) is 23.7 Å². The van der Waals surface area contributed by atoms with E-state index in [1.165, 1.54) is 0 Å². The highest BCUT2D eigenvalue weighted by atomic mass is 127. The van der Waals surface area contributed by atoms with Crippen molar-refractivity contribution in [3.8, 4) is 0 Å². The number of carbonyl (C=O) groups excluding carboxylic acids is 1. The zero-order valence-electron chi connectivity index (χ0n) is 8.13. The molecular weight excluding hydrogens is 373 g/mol. The molecule has 0 aliphatic carbocycles. The third-order valence-electron chi connectivity index (χ3n) is 1.73. The van der Waals surface area contributed by atoms with Crippen LogP contribution in [-0.2, 0) is 0 Å². The third-order valence-corrected chi connectivity index (χ3v) is 3.09. The number of nitrogens with one attached hydrogen (secondary N) is 1. The van der Waals surface area contributed by atoms with Gasteiger partial charge in [0.1, 0.15) is 0 Å². The second kappa shape index (κ2) is 5.81. The Morgan fingerprint density at radius 2 is 2.33 bits per heavy atom. The molecule has 0 saturated carbocycles. The van der Waals surface area contributed by atoms with Crippen LogP contribution in [0.15, 0.2) is 22.7 Å². The molecule has 2 N–H and O–H groups in total. The van der Waals surface area contributed by atoms with Crippen LogP contribution in [0.3, 0.4) is 0 Å². The number of benzene rings is 1. The molecule has 0 aliphatic rings. The number of aliphatic hydroxyl groups excluding tert-OH is 1. The standard InChI is InChI=1S/C10H11BrINO2/c1-6(14)5-13-10(15)8-4-7(12)2-3-9(8)11/h2-4,6,14H,5H2,1H3,(H,13,15). The molecule has 0 spiro atoms. The summed E-state index contributed by atoms with van der Waals surface area (Å²) in [7, 11) is 0. The average Bonchev–Trinajstić information content (AvgIpc) is 2.18. The maximum absolute atomic E-state index is 11.7. The second-order valence-corrected chi connectivity index (χ2v) is 5.28. The molecule has 0 bridgehead atoms. The molecule has 1 unspecified atom stereocenters. The first kappa shape index (κ1) is 12.9. The van der Waals surface area contributed by atoms with E-state index in [0.29, 0.717) is 5.56 Å². The quantitative estimate of drug-likeness (QED) is 0.786. The van der Waals surface area contributed by atoms with E-state index in [2.05, 4.69) is 43.8 Å². The largest absolute Gasteiger partial charge is 0.392 e. The minimum absolute atomic E-state index is 0.179. The summed E-state index contributed by atoms with van der Waals surface area (Å²) in [5, 5.41) is 11.7. The highest BCUT2D eigenvalue weighted by Gasteiger charge is 2.10. The van der Waals surface area contributed by atoms with Gasteiger partial charge in [0.05, 0.1) is 11.7 Å². The smallest absolute Gasteiger partial charge is 0.252 e. The van der Waals surface area contributed by atoms with Crippen molar-refractivity contribution >= 4 is 44.4 Å². The van der Waals surface area contributed by atoms with Gasteiger partial charge in [-0.3, -0.25) is 4.79 Å². The lowest BCUT2D eigenvalue weighted by Crippen LogP contribution is -2.30. The third kappa shape index (κ3) is 4.08. The number of hydrogen-bond donors (Lipinski definition) is 2. The number of aliphatic hydroxyl groups is 1. The summed E-state index contributed by atoms with van der Waals surface area (Å²) in [4.78, 5) is 11.7. The van der Waals surface area contributed by atoms with Gasteiger partial charge in [-0.25, -0.2) is 0 Å². The molecule has 15 heavy (non-hydrogen) atoms. The Kier molecular flexibility index (Phi) is 5.01. The molecule has 1 aromatic carbocycles. The Morgan fingerprint density at radius 1 is 1.67 bits per heavy atom. The molecule has 0 saturated heterocycles. The van der Waals surface area contributed by atoms with Crippen LogP contribution in [0.1, 0.15) is 17.3 Å². The second-order valence-electron chi connectivity index (χ2n) is 3.18. The van der Waals surface area contributed by atoms with Gasteiger partial charge in [-0.2, -0.15) is 0 Å². The van der Waals surface area contributed by atoms with E-state index in [4.69, 9.17) is 5.11 Å². The Morgan fingerprint density at radius 3 is 2.93 bits per heavy atom. The summed E-state index contributed by atoms with van der Waals surface area (Å²) >= 11 is 5.46. The monoisotopic (exact) mass is 383 g/mol. The van der Waals surface area contributed by atoms with Crippen LogP contribution >= 0.6 is 38.5 Å². The number of rotatable bonds is 3. The number of hydrogen-bond acceptors (Lipinski definition) is 2. The molecule has 82 valence electrons. The highest BCUT2D eigenvalue weighted by Crippen LogP contribution is 2.19. The Labute approximate surface area is 111 Å². The van der Waals surface area contributed by atoms with Crippen LogP contribution in [0.2, 0.25) is 0 Å². The molecule has 3 nitrogen and oxygen atoms in total. The van der Waals surface area contributed by atoms with Gasteiger partial charge < -0.3 is 10.4 Å². The summed E-state index contributed by atoms with van der Waals surface area (Å²) in [5.41, 5.74) is 0.586. The van der Waals surface area contributed by atoms with E-state index in [0.717, 1.165) is 8.04 Å². The summed E-state index contributed by atoms with van der Waals surface area (Å²) in [6.45, 7) is 1.89. The van der Waals surface area contributed by atoms with Gasteiger partial charge in [-0.15, -0.1) is 0 Å². The van der Waals surface area contributed by atoms with E-state index in [1.54, 1.807) is 13.0 Å². The molecule has 0 heterocycles. The molecule has 0 fully saturated rings. The number of amides is 1. The Bertz CT molecular complexity index is 368. The van der Waals surface area contributed by atoms with Crippen molar-refractivity contribution in [2.24, 2.45) is 0 Å². The van der Waals surface area contributed by atoms with Crippen molar-refractivity contribution in [2.45, 2.75) is 13.0 Å². The van der Waals surface area contributed by atoms with Crippen molar-refractivity contribution in [1.82, 2.24) is 5.32 Å².